The van der Waals surface area contributed by atoms with Crippen molar-refractivity contribution in [3.63, 3.8) is 0 Å². The summed E-state index contributed by atoms with van der Waals surface area (Å²) in [4.78, 5) is 20.9. The van der Waals surface area contributed by atoms with E-state index in [-0.39, 0.29) is 11.9 Å². The second kappa shape index (κ2) is 6.28. The molecule has 4 rings (SSSR count). The molecule has 0 saturated carbocycles. The van der Waals surface area contributed by atoms with Crippen molar-refractivity contribution in [2.24, 2.45) is 0 Å². The third kappa shape index (κ3) is 3.01. The molecule has 1 fully saturated rings. The van der Waals surface area contributed by atoms with E-state index in [1.807, 2.05) is 43.3 Å². The van der Waals surface area contributed by atoms with Crippen molar-refractivity contribution in [3.8, 4) is 0 Å². The van der Waals surface area contributed by atoms with Gasteiger partial charge >= 0.3 is 0 Å². The molecule has 0 radical (unpaired) electrons. The lowest BCUT2D eigenvalue weighted by molar-refractivity contribution is 0.0935. The third-order valence-electron chi connectivity index (χ3n) is 4.35. The van der Waals surface area contributed by atoms with Crippen LogP contribution in [0.1, 0.15) is 27.4 Å². The van der Waals surface area contributed by atoms with Crippen LogP contribution in [0.15, 0.2) is 40.8 Å². The summed E-state index contributed by atoms with van der Waals surface area (Å²) in [5.74, 6) is 0.0356. The first kappa shape index (κ1) is 15.2. The lowest BCUT2D eigenvalue weighted by atomic mass is 10.1. The second-order valence-corrected chi connectivity index (χ2v) is 7.40. The van der Waals surface area contributed by atoms with Crippen LogP contribution in [0.4, 0.5) is 6.01 Å². The molecule has 24 heavy (non-hydrogen) atoms. The predicted octanol–water partition coefficient (Wildman–Crippen LogP) is 3.60. The van der Waals surface area contributed by atoms with Gasteiger partial charge in [0, 0.05) is 24.0 Å². The number of benzene rings is 1. The first-order chi connectivity index (χ1) is 11.7. The molecule has 1 aliphatic rings. The van der Waals surface area contributed by atoms with Gasteiger partial charge in [0.2, 0.25) is 0 Å². The van der Waals surface area contributed by atoms with E-state index < -0.39 is 0 Å². The average Bonchev–Trinajstić information content (AvgIpc) is 3.21. The van der Waals surface area contributed by atoms with Crippen LogP contribution in [0.25, 0.3) is 11.1 Å². The summed E-state index contributed by atoms with van der Waals surface area (Å²) in [5, 5.41) is 3.14. The number of oxazole rings is 1. The maximum atomic E-state index is 12.3. The normalized spacial score (nSPS) is 15.8. The molecule has 0 atom stereocenters. The number of nitrogens with zero attached hydrogens (tertiary/aromatic N) is 2. The standard InChI is InChI=1S/C18H19N3O2S/c1-12-6-7-16(24-12)17(22)19-13-8-10-21(11-9-13)18-20-14-4-2-3-5-15(14)23-18/h2-7,13H,8-11H2,1H3,(H,19,22). The molecular formula is C18H19N3O2S. The van der Waals surface area contributed by atoms with Gasteiger partial charge in [-0.1, -0.05) is 12.1 Å². The Morgan fingerprint density at radius 1 is 1.25 bits per heavy atom. The highest BCUT2D eigenvalue weighted by molar-refractivity contribution is 7.13. The SMILES string of the molecule is Cc1ccc(C(=O)NC2CCN(c3nc4ccccc4o3)CC2)s1. The van der Waals surface area contributed by atoms with Crippen molar-refractivity contribution >= 4 is 34.4 Å². The van der Waals surface area contributed by atoms with Crippen molar-refractivity contribution < 1.29 is 9.21 Å². The number of carbonyl (C=O) groups excluding carboxylic acids is 1. The molecule has 1 saturated heterocycles. The number of hydrogen-bond donors (Lipinski definition) is 1. The highest BCUT2D eigenvalue weighted by Gasteiger charge is 2.24. The Hall–Kier alpha value is -2.34. The average molecular weight is 341 g/mol. The minimum atomic E-state index is 0.0356. The molecule has 0 bridgehead atoms. The minimum Gasteiger partial charge on any atom is -0.423 e. The smallest absolute Gasteiger partial charge is 0.298 e. The number of piperidine rings is 1. The van der Waals surface area contributed by atoms with Crippen molar-refractivity contribution in [1.82, 2.24) is 10.3 Å². The van der Waals surface area contributed by atoms with E-state index in [9.17, 15) is 4.79 Å². The minimum absolute atomic E-state index is 0.0356. The Bertz CT molecular complexity index is 829. The van der Waals surface area contributed by atoms with Crippen LogP contribution in [0.2, 0.25) is 0 Å². The molecule has 1 amide bonds. The molecule has 3 aromatic rings. The second-order valence-electron chi connectivity index (χ2n) is 6.11. The number of carbonyl (C=O) groups is 1. The summed E-state index contributed by atoms with van der Waals surface area (Å²) in [6.07, 6.45) is 1.80. The number of hydrogen-bond acceptors (Lipinski definition) is 5. The zero-order valence-corrected chi connectivity index (χ0v) is 14.3. The zero-order valence-electron chi connectivity index (χ0n) is 13.5. The maximum absolute atomic E-state index is 12.3. The molecular weight excluding hydrogens is 322 g/mol. The summed E-state index contributed by atoms with van der Waals surface area (Å²) in [6, 6.07) is 12.6. The topological polar surface area (TPSA) is 58.4 Å². The number of thiophene rings is 1. The van der Waals surface area contributed by atoms with Gasteiger partial charge in [-0.15, -0.1) is 11.3 Å². The molecule has 1 N–H and O–H groups in total. The fraction of sp³-hybridized carbons (Fsp3) is 0.333. The van der Waals surface area contributed by atoms with Gasteiger partial charge in [-0.05, 0) is 44.0 Å². The number of para-hydroxylation sites is 2. The van der Waals surface area contributed by atoms with Crippen LogP contribution >= 0.6 is 11.3 Å². The van der Waals surface area contributed by atoms with Crippen LogP contribution in [0, 0.1) is 6.92 Å². The van der Waals surface area contributed by atoms with E-state index in [0.29, 0.717) is 6.01 Å². The number of amides is 1. The summed E-state index contributed by atoms with van der Waals surface area (Å²) in [7, 11) is 0. The van der Waals surface area contributed by atoms with Gasteiger partial charge in [0.15, 0.2) is 5.58 Å². The molecule has 0 unspecified atom stereocenters. The third-order valence-corrected chi connectivity index (χ3v) is 5.35. The number of fused-ring (bicyclic) bond motifs is 1. The maximum Gasteiger partial charge on any atom is 0.298 e. The van der Waals surface area contributed by atoms with Gasteiger partial charge in [0.05, 0.1) is 4.88 Å². The van der Waals surface area contributed by atoms with Crippen molar-refractivity contribution in [2.75, 3.05) is 18.0 Å². The first-order valence-corrected chi connectivity index (χ1v) is 8.98. The monoisotopic (exact) mass is 341 g/mol. The van der Waals surface area contributed by atoms with E-state index in [2.05, 4.69) is 15.2 Å². The molecule has 2 aromatic heterocycles. The largest absolute Gasteiger partial charge is 0.423 e. The molecule has 124 valence electrons. The van der Waals surface area contributed by atoms with E-state index in [0.717, 1.165) is 46.8 Å². The van der Waals surface area contributed by atoms with Crippen LogP contribution in [-0.2, 0) is 0 Å². The van der Waals surface area contributed by atoms with Gasteiger partial charge in [-0.2, -0.15) is 4.98 Å². The van der Waals surface area contributed by atoms with Crippen LogP contribution in [-0.4, -0.2) is 30.0 Å². The Morgan fingerprint density at radius 2 is 2.04 bits per heavy atom. The van der Waals surface area contributed by atoms with Crippen molar-refractivity contribution in [1.29, 1.82) is 0 Å². The van der Waals surface area contributed by atoms with Crippen LogP contribution in [0.5, 0.6) is 0 Å². The van der Waals surface area contributed by atoms with Crippen LogP contribution < -0.4 is 10.2 Å². The molecule has 1 aliphatic heterocycles. The highest BCUT2D eigenvalue weighted by Crippen LogP contribution is 2.24. The lowest BCUT2D eigenvalue weighted by Gasteiger charge is -2.31. The first-order valence-electron chi connectivity index (χ1n) is 8.17. The van der Waals surface area contributed by atoms with Gasteiger partial charge in [-0.25, -0.2) is 0 Å². The summed E-state index contributed by atoms with van der Waals surface area (Å²) in [6.45, 7) is 3.68. The van der Waals surface area contributed by atoms with Crippen molar-refractivity contribution in [2.45, 2.75) is 25.8 Å². The molecule has 1 aromatic carbocycles. The molecule has 0 spiro atoms. The van der Waals surface area contributed by atoms with Crippen LogP contribution in [0.3, 0.4) is 0 Å². The Balaban J connectivity index is 1.37. The number of aromatic nitrogens is 1. The summed E-state index contributed by atoms with van der Waals surface area (Å²) >= 11 is 1.54. The molecule has 3 heterocycles. The van der Waals surface area contributed by atoms with E-state index in [4.69, 9.17) is 4.42 Å². The Morgan fingerprint density at radius 3 is 2.75 bits per heavy atom. The highest BCUT2D eigenvalue weighted by atomic mass is 32.1. The predicted molar refractivity (Wildman–Crippen MR) is 95.8 cm³/mol. The fourth-order valence-corrected chi connectivity index (χ4v) is 3.79. The number of nitrogens with one attached hydrogen (secondary N) is 1. The van der Waals surface area contributed by atoms with E-state index in [1.54, 1.807) is 0 Å². The van der Waals surface area contributed by atoms with E-state index >= 15 is 0 Å². The summed E-state index contributed by atoms with van der Waals surface area (Å²) in [5.41, 5.74) is 1.70. The molecule has 6 heteroatoms. The Labute approximate surface area is 144 Å². The van der Waals surface area contributed by atoms with E-state index in [1.165, 1.54) is 11.3 Å². The molecule has 5 nitrogen and oxygen atoms in total. The van der Waals surface area contributed by atoms with Gasteiger partial charge in [-0.3, -0.25) is 4.79 Å². The zero-order chi connectivity index (χ0) is 16.5. The fourth-order valence-electron chi connectivity index (χ4n) is 3.02. The quantitative estimate of drug-likeness (QED) is 0.791. The lowest BCUT2D eigenvalue weighted by Crippen LogP contribution is -2.44. The number of rotatable bonds is 3. The molecule has 0 aliphatic carbocycles. The van der Waals surface area contributed by atoms with Gasteiger partial charge in [0.25, 0.3) is 11.9 Å². The van der Waals surface area contributed by atoms with Gasteiger partial charge in [0.1, 0.15) is 5.52 Å². The van der Waals surface area contributed by atoms with Crippen molar-refractivity contribution in [3.05, 3.63) is 46.2 Å². The number of aryl methyl sites for hydroxylation is 1. The number of anilines is 1. The van der Waals surface area contributed by atoms with Gasteiger partial charge < -0.3 is 14.6 Å². The summed E-state index contributed by atoms with van der Waals surface area (Å²) < 4.78 is 5.83. The Kier molecular flexibility index (Phi) is 3.98.